The zero-order valence-corrected chi connectivity index (χ0v) is 18.7. The van der Waals surface area contributed by atoms with Crippen molar-refractivity contribution in [2.45, 2.75) is 30.3 Å². The van der Waals surface area contributed by atoms with Crippen LogP contribution < -0.4 is 10.6 Å². The van der Waals surface area contributed by atoms with E-state index in [0.29, 0.717) is 24.1 Å². The fourth-order valence-electron chi connectivity index (χ4n) is 3.81. The lowest BCUT2D eigenvalue weighted by Crippen LogP contribution is -2.32. The SMILES string of the molecule is O=C(NCc1cccc(NC(=O)c2ccncc2)c1)c1ccc2c(c1)S(=O)(=O)N(C1CC1)C2=O. The van der Waals surface area contributed by atoms with Gasteiger partial charge in [0, 0.05) is 41.8 Å². The van der Waals surface area contributed by atoms with Gasteiger partial charge in [-0.2, -0.15) is 0 Å². The Kier molecular flexibility index (Phi) is 5.37. The first-order valence-corrected chi connectivity index (χ1v) is 12.1. The first-order valence-electron chi connectivity index (χ1n) is 10.7. The fourth-order valence-corrected chi connectivity index (χ4v) is 5.65. The molecule has 2 aliphatic rings. The zero-order valence-electron chi connectivity index (χ0n) is 17.9. The molecule has 0 unspecified atom stereocenters. The van der Waals surface area contributed by atoms with Gasteiger partial charge in [0.15, 0.2) is 0 Å². The molecule has 1 aliphatic heterocycles. The zero-order chi connectivity index (χ0) is 23.9. The molecule has 3 aromatic rings. The molecule has 1 fully saturated rings. The summed E-state index contributed by atoms with van der Waals surface area (Å²) >= 11 is 0. The highest BCUT2D eigenvalue weighted by atomic mass is 32.2. The Morgan fingerprint density at radius 2 is 1.74 bits per heavy atom. The van der Waals surface area contributed by atoms with Gasteiger partial charge in [0.05, 0.1) is 5.56 Å². The molecule has 2 heterocycles. The molecule has 1 aliphatic carbocycles. The van der Waals surface area contributed by atoms with Crippen LogP contribution in [0.1, 0.15) is 49.5 Å². The van der Waals surface area contributed by atoms with E-state index in [1.165, 1.54) is 30.6 Å². The first kappa shape index (κ1) is 21.8. The standard InChI is InChI=1S/C24H20N4O5S/c29-22(17-4-7-20-21(13-17)34(32,33)28(24(20)31)19-5-6-19)26-14-15-2-1-3-18(12-15)27-23(30)16-8-10-25-11-9-16/h1-4,7-13,19H,5-6,14H2,(H,26,29)(H,27,30). The molecule has 5 rings (SSSR count). The van der Waals surface area contributed by atoms with Crippen LogP contribution in [0.15, 0.2) is 71.9 Å². The van der Waals surface area contributed by atoms with Gasteiger partial charge in [0.1, 0.15) is 4.90 Å². The summed E-state index contributed by atoms with van der Waals surface area (Å²) in [7, 11) is -3.94. The van der Waals surface area contributed by atoms with Crippen molar-refractivity contribution in [3.63, 3.8) is 0 Å². The van der Waals surface area contributed by atoms with Gasteiger partial charge in [-0.05, 0) is 60.9 Å². The summed E-state index contributed by atoms with van der Waals surface area (Å²) in [5.74, 6) is -1.28. The number of amides is 3. The van der Waals surface area contributed by atoms with Crippen molar-refractivity contribution in [1.29, 1.82) is 0 Å². The molecule has 0 atom stereocenters. The second kappa shape index (κ2) is 8.38. The topological polar surface area (TPSA) is 126 Å². The summed E-state index contributed by atoms with van der Waals surface area (Å²) in [6.07, 6.45) is 4.39. The smallest absolute Gasteiger partial charge is 0.269 e. The second-order valence-corrected chi connectivity index (χ2v) is 9.90. The van der Waals surface area contributed by atoms with Gasteiger partial charge in [0.2, 0.25) is 0 Å². The van der Waals surface area contributed by atoms with Crippen LogP contribution in [0, 0.1) is 0 Å². The highest BCUT2D eigenvalue weighted by molar-refractivity contribution is 7.90. The number of benzene rings is 2. The molecule has 10 heteroatoms. The number of hydrogen-bond donors (Lipinski definition) is 2. The van der Waals surface area contributed by atoms with Crippen molar-refractivity contribution in [2.75, 3.05) is 5.32 Å². The van der Waals surface area contributed by atoms with Crippen LogP contribution in [0.25, 0.3) is 0 Å². The highest BCUT2D eigenvalue weighted by Gasteiger charge is 2.48. The van der Waals surface area contributed by atoms with E-state index in [4.69, 9.17) is 0 Å². The molecule has 3 amide bonds. The van der Waals surface area contributed by atoms with Gasteiger partial charge in [-0.1, -0.05) is 12.1 Å². The van der Waals surface area contributed by atoms with Crippen molar-refractivity contribution in [3.8, 4) is 0 Å². The Morgan fingerprint density at radius 1 is 0.971 bits per heavy atom. The van der Waals surface area contributed by atoms with E-state index >= 15 is 0 Å². The second-order valence-electron chi connectivity index (χ2n) is 8.12. The van der Waals surface area contributed by atoms with E-state index in [9.17, 15) is 22.8 Å². The van der Waals surface area contributed by atoms with E-state index in [1.54, 1.807) is 36.4 Å². The number of pyridine rings is 1. The summed E-state index contributed by atoms with van der Waals surface area (Å²) in [5.41, 5.74) is 2.02. The van der Waals surface area contributed by atoms with Crippen molar-refractivity contribution in [2.24, 2.45) is 0 Å². The van der Waals surface area contributed by atoms with Gasteiger partial charge in [-0.3, -0.25) is 19.4 Å². The number of sulfonamides is 1. The maximum atomic E-state index is 12.8. The van der Waals surface area contributed by atoms with Gasteiger partial charge in [-0.15, -0.1) is 0 Å². The normalized spacial score (nSPS) is 16.1. The summed E-state index contributed by atoms with van der Waals surface area (Å²) in [6.45, 7) is 0.161. The Hall–Kier alpha value is -4.05. The van der Waals surface area contributed by atoms with Gasteiger partial charge >= 0.3 is 0 Å². The van der Waals surface area contributed by atoms with Crippen molar-refractivity contribution >= 4 is 33.4 Å². The molecule has 9 nitrogen and oxygen atoms in total. The molecule has 0 bridgehead atoms. The minimum absolute atomic E-state index is 0.0982. The van der Waals surface area contributed by atoms with Crippen LogP contribution >= 0.6 is 0 Å². The Labute approximate surface area is 195 Å². The third kappa shape index (κ3) is 4.03. The van der Waals surface area contributed by atoms with Crippen molar-refractivity contribution in [3.05, 3.63) is 89.2 Å². The monoisotopic (exact) mass is 476 g/mol. The third-order valence-corrected chi connectivity index (χ3v) is 7.55. The molecule has 34 heavy (non-hydrogen) atoms. The maximum absolute atomic E-state index is 12.8. The average Bonchev–Trinajstić information content (AvgIpc) is 3.64. The molecule has 1 aromatic heterocycles. The lowest BCUT2D eigenvalue weighted by atomic mass is 10.1. The number of aromatic nitrogens is 1. The molecular formula is C24H20N4O5S. The van der Waals surface area contributed by atoms with Crippen LogP contribution in [0.2, 0.25) is 0 Å². The van der Waals surface area contributed by atoms with Crippen molar-refractivity contribution < 1.29 is 22.8 Å². The average molecular weight is 477 g/mol. The Balaban J connectivity index is 1.27. The lowest BCUT2D eigenvalue weighted by molar-refractivity contribution is 0.0863. The minimum Gasteiger partial charge on any atom is -0.348 e. The Bertz CT molecular complexity index is 1420. The third-order valence-electron chi connectivity index (χ3n) is 5.67. The van der Waals surface area contributed by atoms with E-state index < -0.39 is 21.8 Å². The quantitative estimate of drug-likeness (QED) is 0.563. The number of nitrogens with zero attached hydrogens (tertiary/aromatic N) is 2. The summed E-state index contributed by atoms with van der Waals surface area (Å²) in [6, 6.07) is 14.0. The maximum Gasteiger partial charge on any atom is 0.269 e. The van der Waals surface area contributed by atoms with Crippen LogP contribution in [-0.2, 0) is 16.6 Å². The molecule has 172 valence electrons. The van der Waals surface area contributed by atoms with Gasteiger partial charge < -0.3 is 10.6 Å². The number of nitrogens with one attached hydrogen (secondary N) is 2. The predicted molar refractivity (Wildman–Crippen MR) is 123 cm³/mol. The minimum atomic E-state index is -3.94. The molecule has 2 aromatic carbocycles. The molecule has 0 saturated heterocycles. The number of carbonyl (C=O) groups excluding carboxylic acids is 3. The largest absolute Gasteiger partial charge is 0.348 e. The van der Waals surface area contributed by atoms with E-state index in [0.717, 1.165) is 9.87 Å². The van der Waals surface area contributed by atoms with E-state index in [1.807, 2.05) is 0 Å². The highest BCUT2D eigenvalue weighted by Crippen LogP contribution is 2.39. The van der Waals surface area contributed by atoms with E-state index in [-0.39, 0.29) is 34.5 Å². The van der Waals surface area contributed by atoms with Gasteiger partial charge in [-0.25, -0.2) is 12.7 Å². The first-order chi connectivity index (χ1) is 16.3. The summed E-state index contributed by atoms with van der Waals surface area (Å²) in [4.78, 5) is 41.3. The summed E-state index contributed by atoms with van der Waals surface area (Å²) < 4.78 is 26.5. The molecule has 0 spiro atoms. The summed E-state index contributed by atoms with van der Waals surface area (Å²) in [5, 5.41) is 5.55. The molecule has 0 radical (unpaired) electrons. The number of carbonyl (C=O) groups is 3. The number of hydrogen-bond acceptors (Lipinski definition) is 6. The van der Waals surface area contributed by atoms with Crippen molar-refractivity contribution in [1.82, 2.24) is 14.6 Å². The van der Waals surface area contributed by atoms with Gasteiger partial charge in [0.25, 0.3) is 27.7 Å². The Morgan fingerprint density at radius 3 is 2.47 bits per heavy atom. The number of rotatable bonds is 6. The van der Waals surface area contributed by atoms with Crippen LogP contribution in [0.4, 0.5) is 5.69 Å². The van der Waals surface area contributed by atoms with Crippen LogP contribution in [0.3, 0.4) is 0 Å². The number of anilines is 1. The fraction of sp³-hybridized carbons (Fsp3) is 0.167. The van der Waals surface area contributed by atoms with Crippen LogP contribution in [0.5, 0.6) is 0 Å². The predicted octanol–water partition coefficient (Wildman–Crippen LogP) is 2.57. The van der Waals surface area contributed by atoms with Crippen LogP contribution in [-0.4, -0.2) is 41.5 Å². The molecular weight excluding hydrogens is 456 g/mol. The number of fused-ring (bicyclic) bond motifs is 1. The van der Waals surface area contributed by atoms with E-state index in [2.05, 4.69) is 15.6 Å². The molecule has 2 N–H and O–H groups in total. The lowest BCUT2D eigenvalue weighted by Gasteiger charge is -2.13. The molecule has 1 saturated carbocycles.